The molecule has 40 heavy (non-hydrogen) atoms. The Morgan fingerprint density at radius 1 is 0.700 bits per heavy atom. The molecular weight excluding hydrogens is 648 g/mol. The zero-order chi connectivity index (χ0) is 30.4. The SMILES string of the molecule is CCCCC1=C(C(=O)O)c2c(C(=O)O)c(CCCC)c(Br)c(C(=O)O)c2C(CCCC)(C(=O)O)C1(Br)CCCC. The number of hydrogen-bond acceptors (Lipinski definition) is 4. The third kappa shape index (κ3) is 5.75. The Hall–Kier alpha value is -2.20. The van der Waals surface area contributed by atoms with E-state index in [1.54, 1.807) is 0 Å². The van der Waals surface area contributed by atoms with E-state index >= 15 is 0 Å². The molecule has 10 heteroatoms. The number of hydrogen-bond donors (Lipinski definition) is 4. The largest absolute Gasteiger partial charge is 0.481 e. The van der Waals surface area contributed by atoms with Crippen molar-refractivity contribution in [2.24, 2.45) is 0 Å². The quantitative estimate of drug-likeness (QED) is 0.128. The van der Waals surface area contributed by atoms with Gasteiger partial charge in [0.1, 0.15) is 5.41 Å². The molecule has 1 aromatic rings. The molecule has 2 unspecified atom stereocenters. The zero-order valence-electron chi connectivity index (χ0n) is 23.7. The lowest BCUT2D eigenvalue weighted by Gasteiger charge is -2.51. The van der Waals surface area contributed by atoms with Gasteiger partial charge in [-0.2, -0.15) is 0 Å². The fourth-order valence-electron chi connectivity index (χ4n) is 6.12. The van der Waals surface area contributed by atoms with Crippen molar-refractivity contribution in [3.63, 3.8) is 0 Å². The number of carbonyl (C=O) groups is 4. The zero-order valence-corrected chi connectivity index (χ0v) is 26.8. The number of aromatic carboxylic acids is 2. The monoisotopic (exact) mass is 686 g/mol. The van der Waals surface area contributed by atoms with Crippen LogP contribution in [0.25, 0.3) is 5.57 Å². The molecule has 0 saturated heterocycles. The first-order valence-electron chi connectivity index (χ1n) is 14.1. The Kier molecular flexibility index (Phi) is 12.0. The highest BCUT2D eigenvalue weighted by Gasteiger charge is 2.63. The Morgan fingerprint density at radius 3 is 1.65 bits per heavy atom. The molecule has 2 atom stereocenters. The van der Waals surface area contributed by atoms with Crippen molar-refractivity contribution in [1.82, 2.24) is 0 Å². The molecule has 1 aliphatic rings. The molecule has 0 amide bonds. The van der Waals surface area contributed by atoms with Crippen molar-refractivity contribution >= 4 is 61.3 Å². The number of unbranched alkanes of at least 4 members (excludes halogenated alkanes) is 4. The van der Waals surface area contributed by atoms with Crippen LogP contribution in [0.3, 0.4) is 0 Å². The first-order valence-corrected chi connectivity index (χ1v) is 15.7. The van der Waals surface area contributed by atoms with E-state index in [-0.39, 0.29) is 63.5 Å². The summed E-state index contributed by atoms with van der Waals surface area (Å²) in [7, 11) is 0. The standard InChI is InChI=1S/C30H40Br2O8/c1-5-9-13-17-19(25(33)34)21-20(26(35)36)18(14-10-6-2)30(32,16-12-8-4)29(28(39)40,15-11-7-3)23(21)22(24(17)31)27(37)38/h5-16H2,1-4H3,(H,33,34)(H,35,36)(H,37,38)(H,39,40). The van der Waals surface area contributed by atoms with Gasteiger partial charge in [0.2, 0.25) is 0 Å². The van der Waals surface area contributed by atoms with Crippen LogP contribution in [0, 0.1) is 0 Å². The maximum Gasteiger partial charge on any atom is 0.337 e. The summed E-state index contributed by atoms with van der Waals surface area (Å²) in [6, 6.07) is 0. The Morgan fingerprint density at radius 2 is 1.20 bits per heavy atom. The highest BCUT2D eigenvalue weighted by atomic mass is 79.9. The molecule has 0 aromatic heterocycles. The summed E-state index contributed by atoms with van der Waals surface area (Å²) in [5, 5.41) is 43.0. The van der Waals surface area contributed by atoms with Crippen molar-refractivity contribution in [2.45, 2.75) is 114 Å². The maximum absolute atomic E-state index is 13.7. The molecule has 8 nitrogen and oxygen atoms in total. The van der Waals surface area contributed by atoms with Crippen molar-refractivity contribution in [2.75, 3.05) is 0 Å². The second-order valence-electron chi connectivity index (χ2n) is 10.5. The van der Waals surface area contributed by atoms with E-state index in [2.05, 4.69) is 31.9 Å². The fourth-order valence-corrected chi connectivity index (χ4v) is 8.13. The number of allylic oxidation sites excluding steroid dienone is 1. The van der Waals surface area contributed by atoms with E-state index in [1.807, 2.05) is 27.7 Å². The number of rotatable bonds is 16. The maximum atomic E-state index is 13.7. The van der Waals surface area contributed by atoms with Crippen LogP contribution in [0.15, 0.2) is 10.0 Å². The third-order valence-corrected chi connectivity index (χ3v) is 10.4. The van der Waals surface area contributed by atoms with Crippen LogP contribution in [0.2, 0.25) is 0 Å². The number of carboxylic acids is 4. The van der Waals surface area contributed by atoms with Gasteiger partial charge in [-0.3, -0.25) is 4.79 Å². The van der Waals surface area contributed by atoms with E-state index in [0.717, 1.165) is 0 Å². The summed E-state index contributed by atoms with van der Waals surface area (Å²) in [6.45, 7) is 7.68. The Bertz CT molecular complexity index is 1200. The predicted octanol–water partition coefficient (Wildman–Crippen LogP) is 8.07. The van der Waals surface area contributed by atoms with Crippen LogP contribution in [-0.2, 0) is 21.4 Å². The molecule has 2 rings (SSSR count). The number of alkyl halides is 1. The molecular formula is C30H40Br2O8. The smallest absolute Gasteiger partial charge is 0.337 e. The van der Waals surface area contributed by atoms with E-state index in [9.17, 15) is 39.6 Å². The second kappa shape index (κ2) is 14.1. The molecule has 0 radical (unpaired) electrons. The lowest BCUT2D eigenvalue weighted by Crippen LogP contribution is -2.58. The highest BCUT2D eigenvalue weighted by Crippen LogP contribution is 2.62. The van der Waals surface area contributed by atoms with Crippen molar-refractivity contribution in [1.29, 1.82) is 0 Å². The third-order valence-electron chi connectivity index (χ3n) is 8.02. The summed E-state index contributed by atoms with van der Waals surface area (Å²) in [4.78, 5) is 52.8. The lowest BCUT2D eigenvalue weighted by molar-refractivity contribution is -0.145. The predicted molar refractivity (Wildman–Crippen MR) is 161 cm³/mol. The van der Waals surface area contributed by atoms with Gasteiger partial charge in [0, 0.05) is 10.0 Å². The van der Waals surface area contributed by atoms with Gasteiger partial charge >= 0.3 is 23.9 Å². The first-order chi connectivity index (χ1) is 18.8. The highest BCUT2D eigenvalue weighted by molar-refractivity contribution is 9.10. The van der Waals surface area contributed by atoms with Crippen LogP contribution in [-0.4, -0.2) is 48.6 Å². The Labute approximate surface area is 252 Å². The number of aliphatic carboxylic acids is 2. The van der Waals surface area contributed by atoms with E-state index in [0.29, 0.717) is 56.9 Å². The summed E-state index contributed by atoms with van der Waals surface area (Å²) >= 11 is 7.17. The van der Waals surface area contributed by atoms with E-state index in [4.69, 9.17) is 0 Å². The lowest BCUT2D eigenvalue weighted by atomic mass is 9.55. The van der Waals surface area contributed by atoms with Crippen molar-refractivity contribution < 1.29 is 39.6 Å². The van der Waals surface area contributed by atoms with Crippen LogP contribution in [0.1, 0.15) is 136 Å². The molecule has 222 valence electrons. The van der Waals surface area contributed by atoms with Gasteiger partial charge in [-0.15, -0.1) is 0 Å². The van der Waals surface area contributed by atoms with Crippen molar-refractivity contribution in [3.05, 3.63) is 37.9 Å². The number of benzene rings is 1. The van der Waals surface area contributed by atoms with Gasteiger partial charge in [0.15, 0.2) is 0 Å². The van der Waals surface area contributed by atoms with Gasteiger partial charge < -0.3 is 20.4 Å². The fraction of sp³-hybridized carbons (Fsp3) is 0.600. The van der Waals surface area contributed by atoms with Crippen LogP contribution in [0.4, 0.5) is 0 Å². The minimum atomic E-state index is -1.93. The summed E-state index contributed by atoms with van der Waals surface area (Å²) < 4.78 is -1.45. The first kappa shape index (κ1) is 34.0. The van der Waals surface area contributed by atoms with Crippen LogP contribution in [0.5, 0.6) is 0 Å². The minimum Gasteiger partial charge on any atom is -0.481 e. The van der Waals surface area contributed by atoms with Crippen LogP contribution >= 0.6 is 31.9 Å². The molecule has 0 bridgehead atoms. The molecule has 0 heterocycles. The topological polar surface area (TPSA) is 149 Å². The number of fused-ring (bicyclic) bond motifs is 1. The minimum absolute atomic E-state index is 0.00110. The molecule has 1 aliphatic carbocycles. The van der Waals surface area contributed by atoms with Crippen molar-refractivity contribution in [3.8, 4) is 0 Å². The van der Waals surface area contributed by atoms with E-state index in [1.165, 1.54) is 0 Å². The number of halogens is 2. The summed E-state index contributed by atoms with van der Waals surface area (Å²) in [5.41, 5.74) is -2.96. The van der Waals surface area contributed by atoms with E-state index < -0.39 is 33.6 Å². The number of carboxylic acid groups (broad SMARTS) is 4. The molecule has 4 N–H and O–H groups in total. The van der Waals surface area contributed by atoms with Gasteiger partial charge in [0.05, 0.1) is 21.0 Å². The second-order valence-corrected chi connectivity index (χ2v) is 12.6. The van der Waals surface area contributed by atoms with Crippen LogP contribution < -0.4 is 0 Å². The average Bonchev–Trinajstić information content (AvgIpc) is 2.88. The van der Waals surface area contributed by atoms with Gasteiger partial charge in [-0.25, -0.2) is 14.4 Å². The normalized spacial score (nSPS) is 20.4. The Balaban J connectivity index is 3.49. The van der Waals surface area contributed by atoms with Gasteiger partial charge in [-0.05, 0) is 71.2 Å². The molecule has 0 aliphatic heterocycles. The summed E-state index contributed by atoms with van der Waals surface area (Å²) in [6.07, 6.45) is 5.39. The van der Waals surface area contributed by atoms with Gasteiger partial charge in [0.25, 0.3) is 0 Å². The average molecular weight is 688 g/mol. The molecule has 0 spiro atoms. The molecule has 0 fully saturated rings. The molecule has 0 saturated carbocycles. The summed E-state index contributed by atoms with van der Waals surface area (Å²) in [5.74, 6) is -5.56. The molecule has 1 aromatic carbocycles. The van der Waals surface area contributed by atoms with Gasteiger partial charge in [-0.1, -0.05) is 82.1 Å².